The molecule has 0 spiro atoms. The lowest BCUT2D eigenvalue weighted by molar-refractivity contribution is -0.150. The number of hydrogen-bond donors (Lipinski definition) is 2. The standard InChI is InChI=1S/C18H26N2O3/c1-5-12(4)15-17(22)19-14-9-7-6-8-13(14)10-20(15)18(23)16(21)11(2)3/h6-9,11-12,15-16,21H,5,10H2,1-4H3,(H,19,22)/t12-,15-,16-/m0/s1. The van der Waals surface area contributed by atoms with Crippen molar-refractivity contribution in [3.8, 4) is 0 Å². The van der Waals surface area contributed by atoms with E-state index in [4.69, 9.17) is 0 Å². The van der Waals surface area contributed by atoms with Crippen LogP contribution < -0.4 is 5.32 Å². The zero-order chi connectivity index (χ0) is 17.1. The van der Waals surface area contributed by atoms with Gasteiger partial charge in [-0.15, -0.1) is 0 Å². The first-order chi connectivity index (χ1) is 10.9. The van der Waals surface area contributed by atoms with E-state index in [1.165, 1.54) is 0 Å². The highest BCUT2D eigenvalue weighted by Gasteiger charge is 2.39. The summed E-state index contributed by atoms with van der Waals surface area (Å²) in [5.41, 5.74) is 1.62. The molecule has 2 rings (SSSR count). The number of carbonyl (C=O) groups is 2. The Balaban J connectivity index is 2.44. The molecule has 0 radical (unpaired) electrons. The normalized spacial score (nSPS) is 20.5. The maximum atomic E-state index is 12.8. The van der Waals surface area contributed by atoms with Crippen LogP contribution in [0.25, 0.3) is 0 Å². The van der Waals surface area contributed by atoms with E-state index in [9.17, 15) is 14.7 Å². The maximum absolute atomic E-state index is 12.8. The molecule has 0 unspecified atom stereocenters. The number of amides is 2. The van der Waals surface area contributed by atoms with Gasteiger partial charge in [-0.05, 0) is 23.5 Å². The predicted molar refractivity (Wildman–Crippen MR) is 89.7 cm³/mol. The predicted octanol–water partition coefficient (Wildman–Crippen LogP) is 2.40. The van der Waals surface area contributed by atoms with Gasteiger partial charge in [0.05, 0.1) is 0 Å². The number of nitrogens with zero attached hydrogens (tertiary/aromatic N) is 1. The van der Waals surface area contributed by atoms with Gasteiger partial charge in [-0.1, -0.05) is 52.3 Å². The van der Waals surface area contributed by atoms with Crippen LogP contribution in [0, 0.1) is 11.8 Å². The number of anilines is 1. The molecule has 0 fully saturated rings. The molecule has 126 valence electrons. The maximum Gasteiger partial charge on any atom is 0.252 e. The third kappa shape index (κ3) is 3.55. The molecule has 1 aromatic rings. The number of rotatable bonds is 4. The first-order valence-electron chi connectivity index (χ1n) is 8.24. The molecule has 0 aliphatic carbocycles. The lowest BCUT2D eigenvalue weighted by atomic mass is 9.95. The third-order valence-corrected chi connectivity index (χ3v) is 4.57. The zero-order valence-corrected chi connectivity index (χ0v) is 14.2. The Labute approximate surface area is 137 Å². The van der Waals surface area contributed by atoms with Gasteiger partial charge in [0.2, 0.25) is 5.91 Å². The van der Waals surface area contributed by atoms with Crippen molar-refractivity contribution in [1.29, 1.82) is 0 Å². The molecule has 5 heteroatoms. The van der Waals surface area contributed by atoms with Crippen LogP contribution in [0.15, 0.2) is 24.3 Å². The minimum absolute atomic E-state index is 0.00706. The Morgan fingerprint density at radius 3 is 2.61 bits per heavy atom. The smallest absolute Gasteiger partial charge is 0.252 e. The highest BCUT2D eigenvalue weighted by molar-refractivity contribution is 5.99. The Morgan fingerprint density at radius 2 is 2.00 bits per heavy atom. The van der Waals surface area contributed by atoms with Crippen LogP contribution in [-0.2, 0) is 16.1 Å². The van der Waals surface area contributed by atoms with Crippen LogP contribution >= 0.6 is 0 Å². The van der Waals surface area contributed by atoms with E-state index >= 15 is 0 Å². The first kappa shape index (κ1) is 17.5. The van der Waals surface area contributed by atoms with Gasteiger partial charge >= 0.3 is 0 Å². The van der Waals surface area contributed by atoms with E-state index in [0.29, 0.717) is 6.54 Å². The highest BCUT2D eigenvalue weighted by atomic mass is 16.3. The molecule has 3 atom stereocenters. The zero-order valence-electron chi connectivity index (χ0n) is 14.2. The van der Waals surface area contributed by atoms with Gasteiger partial charge in [-0.3, -0.25) is 9.59 Å². The van der Waals surface area contributed by atoms with Crippen LogP contribution in [0.2, 0.25) is 0 Å². The molecule has 2 amide bonds. The molecule has 0 bridgehead atoms. The number of fused-ring (bicyclic) bond motifs is 1. The molecule has 23 heavy (non-hydrogen) atoms. The van der Waals surface area contributed by atoms with Crippen molar-refractivity contribution >= 4 is 17.5 Å². The summed E-state index contributed by atoms with van der Waals surface area (Å²) in [5.74, 6) is -0.750. The Morgan fingerprint density at radius 1 is 1.35 bits per heavy atom. The second-order valence-corrected chi connectivity index (χ2v) is 6.63. The number of hydrogen-bond acceptors (Lipinski definition) is 3. The fourth-order valence-corrected chi connectivity index (χ4v) is 2.87. The van der Waals surface area contributed by atoms with E-state index in [0.717, 1.165) is 17.7 Å². The van der Waals surface area contributed by atoms with E-state index in [1.807, 2.05) is 38.1 Å². The van der Waals surface area contributed by atoms with Crippen molar-refractivity contribution in [2.45, 2.75) is 52.8 Å². The van der Waals surface area contributed by atoms with Crippen molar-refractivity contribution < 1.29 is 14.7 Å². The SMILES string of the molecule is CC[C@H](C)[C@H]1C(=O)Nc2ccccc2CN1C(=O)[C@@H](O)C(C)C. The summed E-state index contributed by atoms with van der Waals surface area (Å²) in [4.78, 5) is 27.0. The summed E-state index contributed by atoms with van der Waals surface area (Å²) in [6.07, 6.45) is -0.324. The number of aliphatic hydroxyl groups is 1. The summed E-state index contributed by atoms with van der Waals surface area (Å²) in [6.45, 7) is 7.88. The topological polar surface area (TPSA) is 69.6 Å². The molecular weight excluding hydrogens is 292 g/mol. The molecule has 5 nitrogen and oxygen atoms in total. The molecule has 2 N–H and O–H groups in total. The van der Waals surface area contributed by atoms with Crippen molar-refractivity contribution in [3.63, 3.8) is 0 Å². The third-order valence-electron chi connectivity index (χ3n) is 4.57. The molecule has 1 heterocycles. The van der Waals surface area contributed by atoms with Gasteiger partial charge < -0.3 is 15.3 Å². The molecule has 0 saturated heterocycles. The summed E-state index contributed by atoms with van der Waals surface area (Å²) in [6, 6.07) is 6.91. The molecular formula is C18H26N2O3. The molecule has 1 aromatic carbocycles. The Bertz CT molecular complexity index is 585. The average molecular weight is 318 g/mol. The van der Waals surface area contributed by atoms with Crippen LogP contribution in [0.1, 0.15) is 39.7 Å². The van der Waals surface area contributed by atoms with Crippen molar-refractivity contribution in [3.05, 3.63) is 29.8 Å². The average Bonchev–Trinajstić information content (AvgIpc) is 2.68. The molecule has 0 saturated carbocycles. The summed E-state index contributed by atoms with van der Waals surface area (Å²) >= 11 is 0. The van der Waals surface area contributed by atoms with Gasteiger partial charge in [0, 0.05) is 12.2 Å². The monoisotopic (exact) mass is 318 g/mol. The van der Waals surface area contributed by atoms with Gasteiger partial charge in [0.15, 0.2) is 0 Å². The highest BCUT2D eigenvalue weighted by Crippen LogP contribution is 2.28. The lowest BCUT2D eigenvalue weighted by Gasteiger charge is -2.34. The number of aliphatic hydroxyl groups excluding tert-OH is 1. The lowest BCUT2D eigenvalue weighted by Crippen LogP contribution is -2.52. The number of nitrogens with one attached hydrogen (secondary N) is 1. The van der Waals surface area contributed by atoms with Gasteiger partial charge in [0.1, 0.15) is 12.1 Å². The number of benzene rings is 1. The second-order valence-electron chi connectivity index (χ2n) is 6.63. The van der Waals surface area contributed by atoms with Crippen LogP contribution in [0.4, 0.5) is 5.69 Å². The summed E-state index contributed by atoms with van der Waals surface area (Å²) < 4.78 is 0. The van der Waals surface area contributed by atoms with E-state index in [2.05, 4.69) is 5.32 Å². The molecule has 0 aromatic heterocycles. The van der Waals surface area contributed by atoms with Gasteiger partial charge in [0.25, 0.3) is 5.91 Å². The van der Waals surface area contributed by atoms with Crippen LogP contribution in [0.5, 0.6) is 0 Å². The van der Waals surface area contributed by atoms with E-state index in [-0.39, 0.29) is 23.7 Å². The first-order valence-corrected chi connectivity index (χ1v) is 8.24. The minimum atomic E-state index is -1.10. The van der Waals surface area contributed by atoms with Crippen molar-refractivity contribution in [2.24, 2.45) is 11.8 Å². The van der Waals surface area contributed by atoms with Crippen LogP contribution in [0.3, 0.4) is 0 Å². The van der Waals surface area contributed by atoms with E-state index < -0.39 is 12.1 Å². The number of carbonyl (C=O) groups excluding carboxylic acids is 2. The molecule has 1 aliphatic rings. The van der Waals surface area contributed by atoms with Crippen molar-refractivity contribution in [1.82, 2.24) is 4.90 Å². The number of para-hydroxylation sites is 1. The molecule has 1 aliphatic heterocycles. The fourth-order valence-electron chi connectivity index (χ4n) is 2.87. The Kier molecular flexibility index (Phi) is 5.42. The van der Waals surface area contributed by atoms with Crippen LogP contribution in [-0.4, -0.2) is 34.0 Å². The van der Waals surface area contributed by atoms with Crippen molar-refractivity contribution in [2.75, 3.05) is 5.32 Å². The van der Waals surface area contributed by atoms with Gasteiger partial charge in [-0.25, -0.2) is 0 Å². The summed E-state index contributed by atoms with van der Waals surface area (Å²) in [7, 11) is 0. The van der Waals surface area contributed by atoms with Gasteiger partial charge in [-0.2, -0.15) is 0 Å². The minimum Gasteiger partial charge on any atom is -0.383 e. The largest absolute Gasteiger partial charge is 0.383 e. The summed E-state index contributed by atoms with van der Waals surface area (Å²) in [5, 5.41) is 13.1. The quantitative estimate of drug-likeness (QED) is 0.895. The Hall–Kier alpha value is -1.88. The second kappa shape index (κ2) is 7.13. The fraction of sp³-hybridized carbons (Fsp3) is 0.556. The van der Waals surface area contributed by atoms with E-state index in [1.54, 1.807) is 18.7 Å².